The summed E-state index contributed by atoms with van der Waals surface area (Å²) in [5, 5.41) is 0. The highest BCUT2D eigenvalue weighted by atomic mass is 14.1. The van der Waals surface area contributed by atoms with Crippen LogP contribution in [0.4, 0.5) is 0 Å². The van der Waals surface area contributed by atoms with Crippen LogP contribution in [-0.2, 0) is 0 Å². The van der Waals surface area contributed by atoms with Gasteiger partial charge in [-0.3, -0.25) is 0 Å². The summed E-state index contributed by atoms with van der Waals surface area (Å²) < 4.78 is 0. The van der Waals surface area contributed by atoms with E-state index in [1.165, 1.54) is 44.1 Å². The molecule has 1 aliphatic rings. The molecule has 0 heteroatoms. The maximum atomic E-state index is 2.42. The molecule has 0 aromatic rings. The Balaban J connectivity index is 2.18. The normalized spacial score (nSPS) is 17.2. The van der Waals surface area contributed by atoms with E-state index in [0.29, 0.717) is 0 Å². The number of rotatable bonds is 4. The van der Waals surface area contributed by atoms with Crippen LogP contribution in [0.3, 0.4) is 0 Å². The molecule has 0 fully saturated rings. The van der Waals surface area contributed by atoms with Crippen molar-refractivity contribution in [1.29, 1.82) is 0 Å². The van der Waals surface area contributed by atoms with Crippen molar-refractivity contribution in [2.45, 2.75) is 52.4 Å². The Hall–Kier alpha value is -0.520. The van der Waals surface area contributed by atoms with Crippen LogP contribution in [0.1, 0.15) is 52.4 Å². The van der Waals surface area contributed by atoms with Gasteiger partial charge in [0.15, 0.2) is 0 Å². The fraction of sp³-hybridized carbons (Fsp3) is 0.667. The predicted octanol–water partition coefficient (Wildman–Crippen LogP) is 4.23. The first-order valence-corrected chi connectivity index (χ1v) is 5.16. The molecule has 12 heavy (non-hydrogen) atoms. The van der Waals surface area contributed by atoms with Gasteiger partial charge in [-0.1, -0.05) is 43.1 Å². The van der Waals surface area contributed by atoms with E-state index in [2.05, 4.69) is 26.0 Å². The Morgan fingerprint density at radius 2 is 2.00 bits per heavy atom. The van der Waals surface area contributed by atoms with Crippen molar-refractivity contribution in [3.05, 3.63) is 23.3 Å². The largest absolute Gasteiger partial charge is 0.0812 e. The third-order valence-electron chi connectivity index (χ3n) is 2.53. The summed E-state index contributed by atoms with van der Waals surface area (Å²) in [4.78, 5) is 0. The Morgan fingerprint density at radius 1 is 1.17 bits per heavy atom. The summed E-state index contributed by atoms with van der Waals surface area (Å²) >= 11 is 0. The predicted molar refractivity (Wildman–Crippen MR) is 55.2 cm³/mol. The monoisotopic (exact) mass is 164 g/mol. The average molecular weight is 164 g/mol. The molecule has 0 spiro atoms. The van der Waals surface area contributed by atoms with Gasteiger partial charge < -0.3 is 0 Å². The first kappa shape index (κ1) is 9.57. The van der Waals surface area contributed by atoms with Gasteiger partial charge in [-0.05, 0) is 32.6 Å². The van der Waals surface area contributed by atoms with Crippen molar-refractivity contribution in [1.82, 2.24) is 0 Å². The Bertz CT molecular complexity index is 184. The van der Waals surface area contributed by atoms with E-state index in [-0.39, 0.29) is 0 Å². The first-order valence-electron chi connectivity index (χ1n) is 5.16. The lowest BCUT2D eigenvalue weighted by Gasteiger charge is -2.10. The summed E-state index contributed by atoms with van der Waals surface area (Å²) in [6, 6.07) is 0. The second-order valence-electron chi connectivity index (χ2n) is 3.78. The molecule has 0 atom stereocenters. The topological polar surface area (TPSA) is 0 Å². The molecule has 0 unspecified atom stereocenters. The van der Waals surface area contributed by atoms with Crippen LogP contribution < -0.4 is 0 Å². The third-order valence-corrected chi connectivity index (χ3v) is 2.53. The van der Waals surface area contributed by atoms with Gasteiger partial charge in [0, 0.05) is 0 Å². The molecular formula is C12H20. The quantitative estimate of drug-likeness (QED) is 0.431. The van der Waals surface area contributed by atoms with E-state index in [1.807, 2.05) is 0 Å². The second kappa shape index (κ2) is 5.18. The molecule has 0 saturated heterocycles. The van der Waals surface area contributed by atoms with Crippen LogP contribution >= 0.6 is 0 Å². The van der Waals surface area contributed by atoms with Gasteiger partial charge in [0.1, 0.15) is 0 Å². The van der Waals surface area contributed by atoms with Crippen LogP contribution in [-0.4, -0.2) is 0 Å². The highest BCUT2D eigenvalue weighted by Crippen LogP contribution is 2.21. The van der Waals surface area contributed by atoms with Gasteiger partial charge >= 0.3 is 0 Å². The maximum Gasteiger partial charge on any atom is -0.0136 e. The Kier molecular flexibility index (Phi) is 4.13. The number of hydrogen-bond acceptors (Lipinski definition) is 0. The summed E-state index contributed by atoms with van der Waals surface area (Å²) in [5.41, 5.74) is 3.20. The summed E-state index contributed by atoms with van der Waals surface area (Å²) in [7, 11) is 0. The highest BCUT2D eigenvalue weighted by Gasteiger charge is 2.01. The standard InChI is InChI=1S/C12H20/c1-3-4-5-6-12-9-7-11(2)8-10-12/h7,10H,3-6,8-9H2,1-2H3. The molecule has 0 aliphatic heterocycles. The highest BCUT2D eigenvalue weighted by molar-refractivity contribution is 5.19. The summed E-state index contributed by atoms with van der Waals surface area (Å²) in [5.74, 6) is 0. The zero-order valence-electron chi connectivity index (χ0n) is 8.40. The van der Waals surface area contributed by atoms with E-state index in [0.717, 1.165) is 0 Å². The Morgan fingerprint density at radius 3 is 2.58 bits per heavy atom. The van der Waals surface area contributed by atoms with Gasteiger partial charge in [0.05, 0.1) is 0 Å². The fourth-order valence-corrected chi connectivity index (χ4v) is 1.58. The van der Waals surface area contributed by atoms with E-state index in [9.17, 15) is 0 Å². The summed E-state index contributed by atoms with van der Waals surface area (Å²) in [6.07, 6.45) is 12.7. The van der Waals surface area contributed by atoms with Crippen LogP contribution in [0.2, 0.25) is 0 Å². The molecule has 0 saturated carbocycles. The Labute approximate surface area is 76.4 Å². The van der Waals surface area contributed by atoms with Crippen molar-refractivity contribution in [3.63, 3.8) is 0 Å². The molecular weight excluding hydrogens is 144 g/mol. The molecule has 0 radical (unpaired) electrons. The lowest BCUT2D eigenvalue weighted by Crippen LogP contribution is -1.90. The minimum atomic E-state index is 1.20. The lowest BCUT2D eigenvalue weighted by molar-refractivity contribution is 0.702. The van der Waals surface area contributed by atoms with Crippen LogP contribution in [0, 0.1) is 0 Å². The van der Waals surface area contributed by atoms with Crippen molar-refractivity contribution >= 4 is 0 Å². The van der Waals surface area contributed by atoms with Crippen LogP contribution in [0.5, 0.6) is 0 Å². The summed E-state index contributed by atoms with van der Waals surface area (Å²) in [6.45, 7) is 4.48. The molecule has 0 bridgehead atoms. The molecule has 0 amide bonds. The molecule has 68 valence electrons. The van der Waals surface area contributed by atoms with E-state index < -0.39 is 0 Å². The smallest absolute Gasteiger partial charge is 0.0136 e. The third kappa shape index (κ3) is 3.25. The number of allylic oxidation sites excluding steroid dienone is 4. The van der Waals surface area contributed by atoms with E-state index in [1.54, 1.807) is 5.57 Å². The minimum Gasteiger partial charge on any atom is -0.0812 e. The van der Waals surface area contributed by atoms with Crippen molar-refractivity contribution < 1.29 is 0 Å². The van der Waals surface area contributed by atoms with Crippen LogP contribution in [0.25, 0.3) is 0 Å². The van der Waals surface area contributed by atoms with Crippen molar-refractivity contribution in [3.8, 4) is 0 Å². The number of hydrogen-bond donors (Lipinski definition) is 0. The van der Waals surface area contributed by atoms with Gasteiger partial charge in [-0.15, -0.1) is 0 Å². The van der Waals surface area contributed by atoms with Crippen molar-refractivity contribution in [2.24, 2.45) is 0 Å². The molecule has 1 rings (SSSR count). The van der Waals surface area contributed by atoms with E-state index in [4.69, 9.17) is 0 Å². The molecule has 0 nitrogen and oxygen atoms in total. The molecule has 0 N–H and O–H groups in total. The average Bonchev–Trinajstić information content (AvgIpc) is 2.09. The molecule has 0 aromatic heterocycles. The maximum absolute atomic E-state index is 2.42. The molecule has 0 heterocycles. The number of unbranched alkanes of at least 4 members (excludes halogenated alkanes) is 2. The second-order valence-corrected chi connectivity index (χ2v) is 3.78. The fourth-order valence-electron chi connectivity index (χ4n) is 1.58. The molecule has 1 aliphatic carbocycles. The van der Waals surface area contributed by atoms with Gasteiger partial charge in [-0.25, -0.2) is 0 Å². The molecule has 0 aromatic carbocycles. The SMILES string of the molecule is CCCCCC1=CCC(C)=CC1. The van der Waals surface area contributed by atoms with Gasteiger partial charge in [-0.2, -0.15) is 0 Å². The minimum absolute atomic E-state index is 1.20. The van der Waals surface area contributed by atoms with E-state index >= 15 is 0 Å². The first-order chi connectivity index (χ1) is 5.83. The van der Waals surface area contributed by atoms with Crippen LogP contribution in [0.15, 0.2) is 23.3 Å². The van der Waals surface area contributed by atoms with Gasteiger partial charge in [0.2, 0.25) is 0 Å². The zero-order chi connectivity index (χ0) is 8.81. The van der Waals surface area contributed by atoms with Crippen molar-refractivity contribution in [2.75, 3.05) is 0 Å². The zero-order valence-corrected chi connectivity index (χ0v) is 8.40. The van der Waals surface area contributed by atoms with Gasteiger partial charge in [0.25, 0.3) is 0 Å². The lowest BCUT2D eigenvalue weighted by atomic mass is 9.96.